The molecule has 1 aliphatic heterocycles. The highest BCUT2D eigenvalue weighted by Gasteiger charge is 2.39. The molecular weight excluding hydrogens is 415 g/mol. The third kappa shape index (κ3) is 5.09. The Labute approximate surface area is 178 Å². The molecule has 152 valence electrons. The number of carboxylic acids is 1. The second kappa shape index (κ2) is 9.78. The van der Waals surface area contributed by atoms with E-state index in [4.69, 9.17) is 27.9 Å². The van der Waals surface area contributed by atoms with Crippen LogP contribution >= 0.6 is 23.2 Å². The SMILES string of the molecule is O=C(O)C1=C(COCCCl)NC(=O)N(Cc2ccccc2)C1c1cccc(Cl)c1. The molecule has 2 aromatic carbocycles. The largest absolute Gasteiger partial charge is 0.478 e. The van der Waals surface area contributed by atoms with Crippen molar-refractivity contribution >= 4 is 35.2 Å². The quantitative estimate of drug-likeness (QED) is 0.481. The topological polar surface area (TPSA) is 78.9 Å². The Bertz CT molecular complexity index is 918. The molecule has 2 aromatic rings. The number of carboxylic acid groups (broad SMARTS) is 1. The van der Waals surface area contributed by atoms with Gasteiger partial charge in [0.2, 0.25) is 0 Å². The fourth-order valence-electron chi connectivity index (χ4n) is 3.26. The highest BCUT2D eigenvalue weighted by Crippen LogP contribution is 2.36. The Morgan fingerprint density at radius 3 is 2.59 bits per heavy atom. The molecule has 1 aliphatic rings. The third-order valence-electron chi connectivity index (χ3n) is 4.49. The molecule has 0 fully saturated rings. The molecule has 0 radical (unpaired) electrons. The zero-order chi connectivity index (χ0) is 20.8. The van der Waals surface area contributed by atoms with Crippen molar-refractivity contribution in [3.63, 3.8) is 0 Å². The molecule has 6 nitrogen and oxygen atoms in total. The number of nitrogens with one attached hydrogen (secondary N) is 1. The van der Waals surface area contributed by atoms with Gasteiger partial charge in [-0.25, -0.2) is 9.59 Å². The average Bonchev–Trinajstić information content (AvgIpc) is 2.70. The lowest BCUT2D eigenvalue weighted by Gasteiger charge is -2.38. The Kier molecular flexibility index (Phi) is 7.14. The van der Waals surface area contributed by atoms with E-state index in [1.807, 2.05) is 30.3 Å². The molecule has 0 aliphatic carbocycles. The Morgan fingerprint density at radius 2 is 1.93 bits per heavy atom. The van der Waals surface area contributed by atoms with Crippen LogP contribution in [0, 0.1) is 0 Å². The number of benzene rings is 2. The molecule has 0 bridgehead atoms. The highest BCUT2D eigenvalue weighted by atomic mass is 35.5. The molecule has 0 spiro atoms. The summed E-state index contributed by atoms with van der Waals surface area (Å²) in [5.41, 5.74) is 1.73. The summed E-state index contributed by atoms with van der Waals surface area (Å²) in [6.07, 6.45) is 0. The third-order valence-corrected chi connectivity index (χ3v) is 4.88. The van der Waals surface area contributed by atoms with Crippen molar-refractivity contribution < 1.29 is 19.4 Å². The van der Waals surface area contributed by atoms with Crippen LogP contribution in [0.25, 0.3) is 0 Å². The van der Waals surface area contributed by atoms with Gasteiger partial charge < -0.3 is 20.1 Å². The maximum absolute atomic E-state index is 13.0. The lowest BCUT2D eigenvalue weighted by molar-refractivity contribution is -0.133. The Hall–Kier alpha value is -2.54. The number of nitrogens with zero attached hydrogens (tertiary/aromatic N) is 1. The van der Waals surface area contributed by atoms with E-state index >= 15 is 0 Å². The van der Waals surface area contributed by atoms with E-state index in [9.17, 15) is 14.7 Å². The van der Waals surface area contributed by atoms with Gasteiger partial charge in [-0.05, 0) is 23.3 Å². The molecule has 0 aromatic heterocycles. The number of hydrogen-bond donors (Lipinski definition) is 2. The average molecular weight is 435 g/mol. The zero-order valence-corrected chi connectivity index (χ0v) is 17.0. The summed E-state index contributed by atoms with van der Waals surface area (Å²) in [4.78, 5) is 26.7. The number of aliphatic carboxylic acids is 1. The number of carbonyl (C=O) groups excluding carboxylic acids is 1. The number of halogens is 2. The monoisotopic (exact) mass is 434 g/mol. The van der Waals surface area contributed by atoms with Crippen molar-refractivity contribution in [2.75, 3.05) is 19.1 Å². The number of alkyl halides is 1. The smallest absolute Gasteiger partial charge is 0.335 e. The highest BCUT2D eigenvalue weighted by molar-refractivity contribution is 6.30. The summed E-state index contributed by atoms with van der Waals surface area (Å²) in [5.74, 6) is -0.876. The number of hydrogen-bond acceptors (Lipinski definition) is 3. The summed E-state index contributed by atoms with van der Waals surface area (Å²) >= 11 is 11.8. The van der Waals surface area contributed by atoms with Crippen molar-refractivity contribution in [1.29, 1.82) is 0 Å². The van der Waals surface area contributed by atoms with E-state index in [-0.39, 0.29) is 36.9 Å². The lowest BCUT2D eigenvalue weighted by atomic mass is 9.93. The van der Waals surface area contributed by atoms with Crippen molar-refractivity contribution in [1.82, 2.24) is 10.2 Å². The Balaban J connectivity index is 2.08. The fourth-order valence-corrected chi connectivity index (χ4v) is 3.57. The molecule has 2 N–H and O–H groups in total. The number of ether oxygens (including phenoxy) is 1. The van der Waals surface area contributed by atoms with E-state index in [1.54, 1.807) is 24.3 Å². The molecule has 29 heavy (non-hydrogen) atoms. The van der Waals surface area contributed by atoms with Gasteiger partial charge in [0.1, 0.15) is 0 Å². The number of amides is 2. The second-order valence-corrected chi connectivity index (χ2v) is 7.25. The summed E-state index contributed by atoms with van der Waals surface area (Å²) in [5, 5.41) is 13.1. The maximum atomic E-state index is 13.0. The first kappa shape index (κ1) is 21.2. The minimum absolute atomic E-state index is 0.0392. The summed E-state index contributed by atoms with van der Waals surface area (Å²) in [7, 11) is 0. The number of rotatable bonds is 8. The maximum Gasteiger partial charge on any atom is 0.335 e. The van der Waals surface area contributed by atoms with Crippen LogP contribution in [-0.4, -0.2) is 41.1 Å². The first-order valence-electron chi connectivity index (χ1n) is 8.98. The molecule has 0 saturated carbocycles. The van der Waals surface area contributed by atoms with Gasteiger partial charge in [-0.3, -0.25) is 0 Å². The molecule has 2 amide bonds. The summed E-state index contributed by atoms with van der Waals surface area (Å²) < 4.78 is 5.40. The zero-order valence-electron chi connectivity index (χ0n) is 15.5. The normalized spacial score (nSPS) is 16.7. The number of urea groups is 1. The Morgan fingerprint density at radius 1 is 1.17 bits per heavy atom. The van der Waals surface area contributed by atoms with Gasteiger partial charge in [0.15, 0.2) is 0 Å². The van der Waals surface area contributed by atoms with E-state index < -0.39 is 18.0 Å². The van der Waals surface area contributed by atoms with Crippen molar-refractivity contribution in [2.45, 2.75) is 12.6 Å². The van der Waals surface area contributed by atoms with Gasteiger partial charge in [0, 0.05) is 17.4 Å². The molecule has 3 rings (SSSR count). The van der Waals surface area contributed by atoms with Crippen LogP contribution < -0.4 is 5.32 Å². The lowest BCUT2D eigenvalue weighted by Crippen LogP contribution is -2.49. The van der Waals surface area contributed by atoms with Crippen LogP contribution in [-0.2, 0) is 16.1 Å². The molecule has 0 saturated heterocycles. The van der Waals surface area contributed by atoms with Gasteiger partial charge in [0.05, 0.1) is 30.5 Å². The van der Waals surface area contributed by atoms with Crippen molar-refractivity contribution in [3.05, 3.63) is 82.0 Å². The molecule has 1 unspecified atom stereocenters. The van der Waals surface area contributed by atoms with Crippen LogP contribution in [0.3, 0.4) is 0 Å². The second-order valence-electron chi connectivity index (χ2n) is 6.44. The van der Waals surface area contributed by atoms with Crippen LogP contribution in [0.5, 0.6) is 0 Å². The van der Waals surface area contributed by atoms with E-state index in [0.717, 1.165) is 5.56 Å². The summed E-state index contributed by atoms with van der Waals surface area (Å²) in [6, 6.07) is 15.0. The predicted molar refractivity (Wildman–Crippen MR) is 111 cm³/mol. The molecule has 1 heterocycles. The van der Waals surface area contributed by atoms with E-state index in [0.29, 0.717) is 10.6 Å². The van der Waals surface area contributed by atoms with Crippen LogP contribution in [0.1, 0.15) is 17.2 Å². The van der Waals surface area contributed by atoms with E-state index in [1.165, 1.54) is 4.90 Å². The fraction of sp³-hybridized carbons (Fsp3) is 0.238. The molecule has 8 heteroatoms. The van der Waals surface area contributed by atoms with Crippen LogP contribution in [0.4, 0.5) is 4.79 Å². The predicted octanol–water partition coefficient (Wildman–Crippen LogP) is 4.20. The van der Waals surface area contributed by atoms with Crippen molar-refractivity contribution in [3.8, 4) is 0 Å². The minimum atomic E-state index is -1.14. The first-order valence-corrected chi connectivity index (χ1v) is 9.89. The van der Waals surface area contributed by atoms with Crippen LogP contribution in [0.2, 0.25) is 5.02 Å². The van der Waals surface area contributed by atoms with E-state index in [2.05, 4.69) is 5.32 Å². The van der Waals surface area contributed by atoms with Gasteiger partial charge in [-0.2, -0.15) is 0 Å². The molecular formula is C21H20Cl2N2O4. The van der Waals surface area contributed by atoms with Gasteiger partial charge in [-0.15, -0.1) is 11.6 Å². The first-order chi connectivity index (χ1) is 14.0. The number of carbonyl (C=O) groups is 2. The van der Waals surface area contributed by atoms with Gasteiger partial charge in [0.25, 0.3) is 0 Å². The van der Waals surface area contributed by atoms with Crippen molar-refractivity contribution in [2.24, 2.45) is 0 Å². The molecule has 1 atom stereocenters. The standard InChI is InChI=1S/C21H20Cl2N2O4/c22-9-10-29-13-17-18(20(26)27)19(15-7-4-8-16(23)11-15)25(21(28)24-17)12-14-5-2-1-3-6-14/h1-8,11,19H,9-10,12-13H2,(H,24,28)(H,26,27). The summed E-state index contributed by atoms with van der Waals surface area (Å²) in [6.45, 7) is 0.413. The van der Waals surface area contributed by atoms with Crippen LogP contribution in [0.15, 0.2) is 65.9 Å². The van der Waals surface area contributed by atoms with Gasteiger partial charge >= 0.3 is 12.0 Å². The van der Waals surface area contributed by atoms with Gasteiger partial charge in [-0.1, -0.05) is 54.1 Å². The minimum Gasteiger partial charge on any atom is -0.478 e.